The molecule has 0 amide bonds. The van der Waals surface area contributed by atoms with Gasteiger partial charge in [-0.25, -0.2) is 0 Å². The van der Waals surface area contributed by atoms with Crippen molar-refractivity contribution in [1.29, 1.82) is 0 Å². The van der Waals surface area contributed by atoms with Gasteiger partial charge in [0.2, 0.25) is 0 Å². The molecule has 0 saturated carbocycles. The molecule has 7 heteroatoms. The second-order valence-electron chi connectivity index (χ2n) is 7.54. The summed E-state index contributed by atoms with van der Waals surface area (Å²) in [4.78, 5) is 0. The lowest BCUT2D eigenvalue weighted by Gasteiger charge is -2.30. The highest BCUT2D eigenvalue weighted by Crippen LogP contribution is 2.14. The van der Waals surface area contributed by atoms with Gasteiger partial charge >= 0.3 is 11.9 Å². The third-order valence-electron chi connectivity index (χ3n) is 4.87. The molecule has 0 radical (unpaired) electrons. The van der Waals surface area contributed by atoms with E-state index >= 15 is 0 Å². The van der Waals surface area contributed by atoms with Crippen LogP contribution in [0.5, 0.6) is 0 Å². The highest BCUT2D eigenvalue weighted by molar-refractivity contribution is 5.85. The zero-order valence-electron chi connectivity index (χ0n) is 17.2. The maximum atomic E-state index is 9.17. The van der Waals surface area contributed by atoms with E-state index in [2.05, 4.69) is 12.2 Å². The predicted octanol–water partition coefficient (Wildman–Crippen LogP) is 3.53. The molecule has 0 aromatic carbocycles. The number of nitrogens with one attached hydrogen (secondary N) is 1. The van der Waals surface area contributed by atoms with Crippen LogP contribution in [0.4, 0.5) is 0 Å². The number of hydrogen-bond acceptors (Lipinski definition) is 6. The average Bonchev–Trinajstić information content (AvgIpc) is 2.56. The molecule has 0 rings (SSSR count). The van der Waals surface area contributed by atoms with E-state index in [1.165, 1.54) is 83.5 Å². The molecule has 0 saturated heterocycles. The molecule has 0 fully saturated rings. The molecule has 27 heavy (non-hydrogen) atoms. The van der Waals surface area contributed by atoms with Crippen molar-refractivity contribution in [2.24, 2.45) is 0 Å². The third-order valence-corrected chi connectivity index (χ3v) is 4.87. The van der Waals surface area contributed by atoms with E-state index in [1.807, 2.05) is 0 Å². The molecular formula is C20H44ClNO5. The molecule has 0 aromatic rings. The van der Waals surface area contributed by atoms with Gasteiger partial charge in [-0.1, -0.05) is 103 Å². The molecule has 0 aliphatic carbocycles. The first kappa shape index (κ1) is 29.3. The summed E-state index contributed by atoms with van der Waals surface area (Å²) < 4.78 is 0. The second kappa shape index (κ2) is 18.1. The molecule has 0 aliphatic rings. The third kappa shape index (κ3) is 17.9. The van der Waals surface area contributed by atoms with Crippen molar-refractivity contribution in [2.45, 2.75) is 122 Å². The number of rotatable bonds is 19. The maximum absolute atomic E-state index is 9.17. The van der Waals surface area contributed by atoms with E-state index < -0.39 is 11.9 Å². The van der Waals surface area contributed by atoms with Gasteiger partial charge in [-0.3, -0.25) is 5.32 Å². The van der Waals surface area contributed by atoms with E-state index in [4.69, 9.17) is 15.3 Å². The van der Waals surface area contributed by atoms with Crippen LogP contribution in [0.2, 0.25) is 0 Å². The molecule has 6 N–H and O–H groups in total. The molecular weight excluding hydrogens is 370 g/mol. The van der Waals surface area contributed by atoms with Gasteiger partial charge in [0.15, 0.2) is 0 Å². The summed E-state index contributed by atoms with van der Waals surface area (Å²) in [7, 11) is 0. The van der Waals surface area contributed by atoms with E-state index in [-0.39, 0.29) is 19.0 Å². The van der Waals surface area contributed by atoms with Crippen LogP contribution < -0.4 is 5.32 Å². The minimum absolute atomic E-state index is 0. The highest BCUT2D eigenvalue weighted by Gasteiger charge is 2.46. The van der Waals surface area contributed by atoms with E-state index in [0.29, 0.717) is 6.42 Å². The average molecular weight is 414 g/mol. The molecule has 0 unspecified atom stereocenters. The quantitative estimate of drug-likeness (QED) is 0.143. The molecule has 0 bridgehead atoms. The van der Waals surface area contributed by atoms with Crippen LogP contribution in [-0.2, 0) is 0 Å². The van der Waals surface area contributed by atoms with Gasteiger partial charge in [0.05, 0.1) is 0 Å². The number of aliphatic hydroxyl groups is 5. The summed E-state index contributed by atoms with van der Waals surface area (Å²) in [5, 5.41) is 46.6. The predicted molar refractivity (Wildman–Crippen MR) is 111 cm³/mol. The summed E-state index contributed by atoms with van der Waals surface area (Å²) in [6.07, 6.45) is 20.1. The number of unbranched alkanes of at least 4 members (excludes halogenated alkanes) is 15. The van der Waals surface area contributed by atoms with E-state index in [1.54, 1.807) is 0 Å². The van der Waals surface area contributed by atoms with Crippen LogP contribution in [0.25, 0.3) is 0 Å². The Hall–Kier alpha value is 0.0500. The Kier molecular flexibility index (Phi) is 19.6. The van der Waals surface area contributed by atoms with Gasteiger partial charge in [-0.05, 0) is 6.42 Å². The lowest BCUT2D eigenvalue weighted by molar-refractivity contribution is -0.455. The van der Waals surface area contributed by atoms with Crippen LogP contribution in [0.3, 0.4) is 0 Å². The Labute approximate surface area is 171 Å². The van der Waals surface area contributed by atoms with Gasteiger partial charge in [-0.15, -0.1) is 12.4 Å². The van der Waals surface area contributed by atoms with E-state index in [9.17, 15) is 10.2 Å². The lowest BCUT2D eigenvalue weighted by Crippen LogP contribution is -2.63. The zero-order chi connectivity index (χ0) is 19.7. The SMILES string of the molecule is CCCCCCCCCCCCCCCCCCNC(O)(O)C(O)(O)O.Cl. The number of halogens is 1. The lowest BCUT2D eigenvalue weighted by atomic mass is 10.0. The standard InChI is InChI=1S/C20H43NO5.ClH/c1-2-3-4-5-6-7-8-9-10-11-12-13-14-15-16-17-18-21-19(22,23)20(24,25)26;/h21-26H,2-18H2,1H3;1H. The minimum atomic E-state index is -3.57. The molecule has 0 heterocycles. The Balaban J connectivity index is 0. The van der Waals surface area contributed by atoms with Crippen LogP contribution in [0, 0.1) is 0 Å². The first-order valence-electron chi connectivity index (χ1n) is 10.7. The van der Waals surface area contributed by atoms with Crippen LogP contribution in [0.15, 0.2) is 0 Å². The maximum Gasteiger partial charge on any atom is 0.348 e. The van der Waals surface area contributed by atoms with Gasteiger partial charge < -0.3 is 25.5 Å². The summed E-state index contributed by atoms with van der Waals surface area (Å²) in [5.41, 5.74) is 0. The van der Waals surface area contributed by atoms with Crippen LogP contribution in [-0.4, -0.2) is 44.0 Å². The minimum Gasteiger partial charge on any atom is -0.347 e. The fraction of sp³-hybridized carbons (Fsp3) is 1.00. The fourth-order valence-electron chi connectivity index (χ4n) is 3.05. The van der Waals surface area contributed by atoms with Crippen molar-refractivity contribution >= 4 is 12.4 Å². The Morgan fingerprint density at radius 1 is 0.519 bits per heavy atom. The summed E-state index contributed by atoms with van der Waals surface area (Å²) in [6, 6.07) is 0. The van der Waals surface area contributed by atoms with Crippen molar-refractivity contribution in [3.8, 4) is 0 Å². The second-order valence-corrected chi connectivity index (χ2v) is 7.54. The first-order valence-corrected chi connectivity index (χ1v) is 10.7. The van der Waals surface area contributed by atoms with Gasteiger partial charge in [0, 0.05) is 6.54 Å². The monoisotopic (exact) mass is 413 g/mol. The van der Waals surface area contributed by atoms with Gasteiger partial charge in [-0.2, -0.15) is 0 Å². The summed E-state index contributed by atoms with van der Waals surface area (Å²) in [5.74, 6) is -6.68. The molecule has 6 nitrogen and oxygen atoms in total. The summed E-state index contributed by atoms with van der Waals surface area (Å²) in [6.45, 7) is 2.44. The van der Waals surface area contributed by atoms with Gasteiger partial charge in [0.25, 0.3) is 0 Å². The van der Waals surface area contributed by atoms with Gasteiger partial charge in [0.1, 0.15) is 0 Å². The molecule has 0 atom stereocenters. The van der Waals surface area contributed by atoms with Crippen LogP contribution in [0.1, 0.15) is 110 Å². The fourth-order valence-corrected chi connectivity index (χ4v) is 3.05. The molecule has 166 valence electrons. The highest BCUT2D eigenvalue weighted by atomic mass is 35.5. The number of hydrogen-bond donors (Lipinski definition) is 6. The Morgan fingerprint density at radius 2 is 0.815 bits per heavy atom. The van der Waals surface area contributed by atoms with E-state index in [0.717, 1.165) is 12.8 Å². The largest absolute Gasteiger partial charge is 0.348 e. The summed E-state index contributed by atoms with van der Waals surface area (Å²) >= 11 is 0. The first-order chi connectivity index (χ1) is 12.3. The normalized spacial score (nSPS) is 12.2. The molecule has 0 spiro atoms. The van der Waals surface area contributed by atoms with Crippen molar-refractivity contribution in [1.82, 2.24) is 5.32 Å². The molecule has 0 aliphatic heterocycles. The molecule has 0 aromatic heterocycles. The Bertz CT molecular complexity index is 311. The smallest absolute Gasteiger partial charge is 0.347 e. The van der Waals surface area contributed by atoms with Crippen LogP contribution >= 0.6 is 12.4 Å². The Morgan fingerprint density at radius 3 is 1.11 bits per heavy atom. The zero-order valence-corrected chi connectivity index (χ0v) is 18.0. The van der Waals surface area contributed by atoms with Crippen molar-refractivity contribution in [3.05, 3.63) is 0 Å². The van der Waals surface area contributed by atoms with Crippen molar-refractivity contribution < 1.29 is 25.5 Å². The van der Waals surface area contributed by atoms with Crippen molar-refractivity contribution in [2.75, 3.05) is 6.54 Å². The topological polar surface area (TPSA) is 113 Å². The van der Waals surface area contributed by atoms with Crippen molar-refractivity contribution in [3.63, 3.8) is 0 Å².